The summed E-state index contributed by atoms with van der Waals surface area (Å²) in [5.74, 6) is -2.58. The highest BCUT2D eigenvalue weighted by molar-refractivity contribution is 6.22. The van der Waals surface area contributed by atoms with Crippen molar-refractivity contribution in [3.05, 3.63) is 35.4 Å². The zero-order chi connectivity index (χ0) is 18.6. The van der Waals surface area contributed by atoms with Gasteiger partial charge in [0, 0.05) is 6.42 Å². The Kier molecular flexibility index (Phi) is 5.63. The second-order valence-corrected chi connectivity index (χ2v) is 5.53. The summed E-state index contributed by atoms with van der Waals surface area (Å²) in [4.78, 5) is 60.3. The largest absolute Gasteiger partial charge is 0.469 e. The maximum atomic E-state index is 12.3. The molecule has 1 aliphatic heterocycles. The average molecular weight is 346 g/mol. The van der Waals surface area contributed by atoms with Gasteiger partial charge in [0.25, 0.3) is 11.8 Å². The number of Topliss-reactive ketones (excluding diaryl/α,β-unsaturated/α-hetero) is 1. The number of nitrogens with one attached hydrogen (secondary N) is 1. The molecule has 0 radical (unpaired) electrons. The fourth-order valence-corrected chi connectivity index (χ4v) is 2.44. The lowest BCUT2D eigenvalue weighted by atomic mass is 10.1. The number of hydrogen-bond donors (Lipinski definition) is 1. The molecule has 1 N–H and O–H groups in total. The van der Waals surface area contributed by atoms with E-state index >= 15 is 0 Å². The van der Waals surface area contributed by atoms with Gasteiger partial charge in [0.2, 0.25) is 5.91 Å². The minimum absolute atomic E-state index is 0.0612. The quantitative estimate of drug-likeness (QED) is 0.562. The van der Waals surface area contributed by atoms with Crippen LogP contribution < -0.4 is 5.32 Å². The number of rotatable bonds is 7. The first-order valence-corrected chi connectivity index (χ1v) is 7.70. The van der Waals surface area contributed by atoms with Gasteiger partial charge in [-0.1, -0.05) is 12.1 Å². The molecule has 0 bridgehead atoms. The third-order valence-electron chi connectivity index (χ3n) is 3.89. The molecular formula is C17H18N2O6. The number of esters is 1. The van der Waals surface area contributed by atoms with Crippen LogP contribution >= 0.6 is 0 Å². The summed E-state index contributed by atoms with van der Waals surface area (Å²) in [6, 6.07) is 5.27. The summed E-state index contributed by atoms with van der Waals surface area (Å²) in [6.07, 6.45) is -0.131. The second-order valence-electron chi connectivity index (χ2n) is 5.53. The second kappa shape index (κ2) is 7.69. The van der Waals surface area contributed by atoms with Gasteiger partial charge in [0.05, 0.1) is 31.2 Å². The average Bonchev–Trinajstić information content (AvgIpc) is 2.88. The van der Waals surface area contributed by atoms with Crippen LogP contribution in [0.1, 0.15) is 40.5 Å². The van der Waals surface area contributed by atoms with Crippen LogP contribution in [0.4, 0.5) is 0 Å². The number of methoxy groups -OCH3 is 1. The minimum Gasteiger partial charge on any atom is -0.469 e. The van der Waals surface area contributed by atoms with Crippen LogP contribution in [0.5, 0.6) is 0 Å². The molecule has 0 spiro atoms. The molecule has 1 aromatic rings. The van der Waals surface area contributed by atoms with E-state index in [1.165, 1.54) is 26.2 Å². The van der Waals surface area contributed by atoms with Gasteiger partial charge >= 0.3 is 5.97 Å². The van der Waals surface area contributed by atoms with Gasteiger partial charge in [-0.3, -0.25) is 28.9 Å². The van der Waals surface area contributed by atoms with E-state index in [4.69, 9.17) is 0 Å². The van der Waals surface area contributed by atoms with Crippen LogP contribution in [0.2, 0.25) is 0 Å². The van der Waals surface area contributed by atoms with Gasteiger partial charge in [-0.15, -0.1) is 0 Å². The molecule has 3 amide bonds. The molecule has 1 unspecified atom stereocenters. The van der Waals surface area contributed by atoms with Crippen molar-refractivity contribution in [2.24, 2.45) is 0 Å². The van der Waals surface area contributed by atoms with Crippen LogP contribution in [0.15, 0.2) is 24.3 Å². The monoisotopic (exact) mass is 346 g/mol. The SMILES string of the molecule is COC(=O)CCC(=O)CNC(=O)C(C)N1C(=O)c2ccccc2C1=O. The van der Waals surface area contributed by atoms with Crippen molar-refractivity contribution in [3.63, 3.8) is 0 Å². The van der Waals surface area contributed by atoms with E-state index in [-0.39, 0.29) is 36.3 Å². The van der Waals surface area contributed by atoms with Crippen LogP contribution in [-0.2, 0) is 19.1 Å². The van der Waals surface area contributed by atoms with Crippen molar-refractivity contribution < 1.29 is 28.7 Å². The predicted molar refractivity (Wildman–Crippen MR) is 85.7 cm³/mol. The number of amides is 3. The Morgan fingerprint density at radius 1 is 1.08 bits per heavy atom. The molecule has 25 heavy (non-hydrogen) atoms. The zero-order valence-corrected chi connectivity index (χ0v) is 13.9. The van der Waals surface area contributed by atoms with Gasteiger partial charge in [-0.2, -0.15) is 0 Å². The topological polar surface area (TPSA) is 110 Å². The number of imide groups is 1. The summed E-state index contributed by atoms with van der Waals surface area (Å²) >= 11 is 0. The van der Waals surface area contributed by atoms with E-state index in [0.29, 0.717) is 0 Å². The molecule has 0 saturated carbocycles. The molecule has 8 heteroatoms. The smallest absolute Gasteiger partial charge is 0.305 e. The summed E-state index contributed by atoms with van der Waals surface area (Å²) < 4.78 is 4.43. The number of fused-ring (bicyclic) bond motifs is 1. The first kappa shape index (κ1) is 18.3. The number of carbonyl (C=O) groups excluding carboxylic acids is 5. The number of ether oxygens (including phenoxy) is 1. The third-order valence-corrected chi connectivity index (χ3v) is 3.89. The fraction of sp³-hybridized carbons (Fsp3) is 0.353. The Balaban J connectivity index is 1.93. The molecular weight excluding hydrogens is 328 g/mol. The first-order chi connectivity index (χ1) is 11.9. The van der Waals surface area contributed by atoms with Crippen molar-refractivity contribution in [1.82, 2.24) is 10.2 Å². The van der Waals surface area contributed by atoms with Crippen molar-refractivity contribution in [1.29, 1.82) is 0 Å². The fourth-order valence-electron chi connectivity index (χ4n) is 2.44. The predicted octanol–water partition coefficient (Wildman–Crippen LogP) is 0.310. The number of nitrogens with zero attached hydrogens (tertiary/aromatic N) is 1. The van der Waals surface area contributed by atoms with E-state index < -0.39 is 29.7 Å². The highest BCUT2D eigenvalue weighted by Crippen LogP contribution is 2.24. The molecule has 0 aromatic heterocycles. The normalized spacial score (nSPS) is 14.1. The lowest BCUT2D eigenvalue weighted by molar-refractivity contribution is -0.141. The molecule has 1 aliphatic rings. The highest BCUT2D eigenvalue weighted by Gasteiger charge is 2.40. The maximum absolute atomic E-state index is 12.3. The van der Waals surface area contributed by atoms with Crippen molar-refractivity contribution >= 4 is 29.5 Å². The molecule has 0 fully saturated rings. The number of carbonyl (C=O) groups is 5. The Labute approximate surface area is 144 Å². The zero-order valence-electron chi connectivity index (χ0n) is 13.9. The van der Waals surface area contributed by atoms with Crippen molar-refractivity contribution in [3.8, 4) is 0 Å². The summed E-state index contributed by atoms with van der Waals surface area (Å²) in [7, 11) is 1.22. The van der Waals surface area contributed by atoms with E-state index in [1.807, 2.05) is 0 Å². The minimum atomic E-state index is -1.05. The molecule has 132 valence electrons. The van der Waals surface area contributed by atoms with Gasteiger partial charge in [-0.05, 0) is 19.1 Å². The number of ketones is 1. The van der Waals surface area contributed by atoms with Gasteiger partial charge in [0.1, 0.15) is 6.04 Å². The van der Waals surface area contributed by atoms with Crippen LogP contribution in [0, 0.1) is 0 Å². The van der Waals surface area contributed by atoms with E-state index in [9.17, 15) is 24.0 Å². The van der Waals surface area contributed by atoms with Crippen molar-refractivity contribution in [2.45, 2.75) is 25.8 Å². The highest BCUT2D eigenvalue weighted by atomic mass is 16.5. The summed E-state index contributed by atoms with van der Waals surface area (Å²) in [5.41, 5.74) is 0.502. The maximum Gasteiger partial charge on any atom is 0.305 e. The lowest BCUT2D eigenvalue weighted by Gasteiger charge is -2.21. The Bertz CT molecular complexity index is 707. The van der Waals surface area contributed by atoms with E-state index in [0.717, 1.165) is 4.90 Å². The molecule has 8 nitrogen and oxygen atoms in total. The molecule has 1 heterocycles. The van der Waals surface area contributed by atoms with Crippen LogP contribution in [-0.4, -0.2) is 54.1 Å². The third kappa shape index (κ3) is 3.90. The molecule has 1 atom stereocenters. The Hall–Kier alpha value is -3.03. The standard InChI is InChI=1S/C17H18N2O6/c1-10(15(22)18-9-11(20)7-8-14(21)25-2)19-16(23)12-5-3-4-6-13(12)17(19)24/h3-6,10H,7-9H2,1-2H3,(H,18,22). The molecule has 2 rings (SSSR count). The van der Waals surface area contributed by atoms with Crippen LogP contribution in [0.25, 0.3) is 0 Å². The molecule has 1 aromatic carbocycles. The van der Waals surface area contributed by atoms with Gasteiger partial charge < -0.3 is 10.1 Å². The number of hydrogen-bond acceptors (Lipinski definition) is 6. The van der Waals surface area contributed by atoms with Gasteiger partial charge in [-0.25, -0.2) is 0 Å². The Morgan fingerprint density at radius 2 is 1.64 bits per heavy atom. The first-order valence-electron chi connectivity index (χ1n) is 7.70. The van der Waals surface area contributed by atoms with Crippen molar-refractivity contribution in [2.75, 3.05) is 13.7 Å². The molecule has 0 saturated heterocycles. The van der Waals surface area contributed by atoms with E-state index in [2.05, 4.69) is 10.1 Å². The van der Waals surface area contributed by atoms with Gasteiger partial charge in [0.15, 0.2) is 5.78 Å². The summed E-state index contributed by atoms with van der Waals surface area (Å²) in [6.45, 7) is 1.12. The summed E-state index contributed by atoms with van der Waals surface area (Å²) in [5, 5.41) is 2.38. The lowest BCUT2D eigenvalue weighted by Crippen LogP contribution is -2.48. The Morgan fingerprint density at radius 3 is 2.16 bits per heavy atom. The van der Waals surface area contributed by atoms with E-state index in [1.54, 1.807) is 12.1 Å². The number of benzene rings is 1. The molecule has 0 aliphatic carbocycles. The van der Waals surface area contributed by atoms with Crippen LogP contribution in [0.3, 0.4) is 0 Å².